The van der Waals surface area contributed by atoms with E-state index in [9.17, 15) is 13.2 Å². The van der Waals surface area contributed by atoms with Crippen molar-refractivity contribution in [3.8, 4) is 0 Å². The molecule has 8 heteroatoms. The van der Waals surface area contributed by atoms with Gasteiger partial charge in [-0.1, -0.05) is 17.7 Å². The van der Waals surface area contributed by atoms with Crippen LogP contribution in [-0.2, 0) is 16.4 Å². The summed E-state index contributed by atoms with van der Waals surface area (Å²) in [5, 5.41) is 10.1. The molecule has 1 heterocycles. The molecule has 0 aliphatic heterocycles. The molecule has 2 N–H and O–H groups in total. The number of halogens is 1. The zero-order valence-electron chi connectivity index (χ0n) is 13.6. The van der Waals surface area contributed by atoms with Crippen LogP contribution in [0.5, 0.6) is 0 Å². The van der Waals surface area contributed by atoms with Gasteiger partial charge in [-0.05, 0) is 60.9 Å². The van der Waals surface area contributed by atoms with E-state index in [2.05, 4.69) is 4.72 Å². The van der Waals surface area contributed by atoms with Crippen molar-refractivity contribution in [3.05, 3.63) is 64.9 Å². The fraction of sp³-hybridized carbons (Fsp3) is 0.167. The largest absolute Gasteiger partial charge is 0.475 e. The van der Waals surface area contributed by atoms with Gasteiger partial charge in [-0.25, -0.2) is 17.9 Å². The molecule has 136 valence electrons. The van der Waals surface area contributed by atoms with Gasteiger partial charge >= 0.3 is 5.97 Å². The molecule has 0 bridgehead atoms. The molecule has 0 spiro atoms. The summed E-state index contributed by atoms with van der Waals surface area (Å²) in [5.41, 5.74) is 1.48. The molecule has 0 radical (unpaired) electrons. The maximum absolute atomic E-state index is 12.2. The van der Waals surface area contributed by atoms with Gasteiger partial charge in [-0.3, -0.25) is 0 Å². The van der Waals surface area contributed by atoms with Gasteiger partial charge in [0.2, 0.25) is 15.8 Å². The molecule has 0 aliphatic rings. The van der Waals surface area contributed by atoms with Crippen LogP contribution in [0.1, 0.15) is 22.5 Å². The lowest BCUT2D eigenvalue weighted by atomic mass is 10.1. The van der Waals surface area contributed by atoms with E-state index in [1.165, 1.54) is 30.3 Å². The summed E-state index contributed by atoms with van der Waals surface area (Å²) < 4.78 is 32.1. The van der Waals surface area contributed by atoms with E-state index in [1.54, 1.807) is 6.07 Å². The van der Waals surface area contributed by atoms with Gasteiger partial charge in [0, 0.05) is 17.0 Å². The molecule has 3 aromatic rings. The number of hydrogen-bond acceptors (Lipinski definition) is 4. The molecule has 0 saturated carbocycles. The normalized spacial score (nSPS) is 11.7. The summed E-state index contributed by atoms with van der Waals surface area (Å²) in [4.78, 5) is 11.1. The Morgan fingerprint density at radius 1 is 1.12 bits per heavy atom. The predicted molar refractivity (Wildman–Crippen MR) is 98.1 cm³/mol. The first-order valence-electron chi connectivity index (χ1n) is 7.86. The number of sulfonamides is 1. The monoisotopic (exact) mass is 393 g/mol. The van der Waals surface area contributed by atoms with Crippen molar-refractivity contribution in [1.29, 1.82) is 0 Å². The number of nitrogens with one attached hydrogen (secondary N) is 1. The van der Waals surface area contributed by atoms with E-state index >= 15 is 0 Å². The molecule has 6 nitrogen and oxygen atoms in total. The first kappa shape index (κ1) is 18.4. The number of carbonyl (C=O) groups is 1. The molecule has 0 atom stereocenters. The van der Waals surface area contributed by atoms with Crippen molar-refractivity contribution in [2.24, 2.45) is 0 Å². The van der Waals surface area contributed by atoms with Crippen LogP contribution < -0.4 is 4.72 Å². The van der Waals surface area contributed by atoms with Crippen LogP contribution in [0.25, 0.3) is 11.0 Å². The van der Waals surface area contributed by atoms with Crippen LogP contribution in [0.2, 0.25) is 5.02 Å². The molecular weight excluding hydrogens is 378 g/mol. The number of benzene rings is 2. The second-order valence-electron chi connectivity index (χ2n) is 5.74. The lowest BCUT2D eigenvalue weighted by Crippen LogP contribution is -2.25. The minimum atomic E-state index is -3.56. The average molecular weight is 394 g/mol. The van der Waals surface area contributed by atoms with Crippen LogP contribution in [0.3, 0.4) is 0 Å². The van der Waals surface area contributed by atoms with Crippen molar-refractivity contribution < 1.29 is 22.7 Å². The van der Waals surface area contributed by atoms with E-state index in [-0.39, 0.29) is 17.2 Å². The first-order chi connectivity index (χ1) is 12.3. The number of rotatable bonds is 7. The molecule has 0 aliphatic carbocycles. The number of fused-ring (bicyclic) bond motifs is 1. The molecule has 0 unspecified atom stereocenters. The Labute approximate surface area is 155 Å². The number of hydrogen-bond donors (Lipinski definition) is 2. The van der Waals surface area contributed by atoms with E-state index in [0.29, 0.717) is 28.8 Å². The predicted octanol–water partition coefficient (Wildman–Crippen LogP) is 3.70. The van der Waals surface area contributed by atoms with Gasteiger partial charge in [0.15, 0.2) is 0 Å². The summed E-state index contributed by atoms with van der Waals surface area (Å²) in [6.45, 7) is 0.286. The highest BCUT2D eigenvalue weighted by Gasteiger charge is 2.13. The van der Waals surface area contributed by atoms with Crippen LogP contribution in [0, 0.1) is 0 Å². The van der Waals surface area contributed by atoms with E-state index in [4.69, 9.17) is 21.1 Å². The molecule has 2 aromatic carbocycles. The lowest BCUT2D eigenvalue weighted by molar-refractivity contribution is 0.0665. The topological polar surface area (TPSA) is 96.6 Å². The van der Waals surface area contributed by atoms with E-state index in [0.717, 1.165) is 5.56 Å². The highest BCUT2D eigenvalue weighted by atomic mass is 35.5. The average Bonchev–Trinajstić information content (AvgIpc) is 3.03. The Bertz CT molecular complexity index is 1040. The summed E-state index contributed by atoms with van der Waals surface area (Å²) in [7, 11) is -3.56. The van der Waals surface area contributed by atoms with Crippen molar-refractivity contribution in [1.82, 2.24) is 4.72 Å². The Hall–Kier alpha value is -2.35. The molecular formula is C18H16ClNO5S. The third kappa shape index (κ3) is 4.24. The maximum Gasteiger partial charge on any atom is 0.371 e. The number of carboxylic acid groups (broad SMARTS) is 1. The van der Waals surface area contributed by atoms with Gasteiger partial charge in [-0.15, -0.1) is 0 Å². The number of furan rings is 1. The lowest BCUT2D eigenvalue weighted by Gasteiger charge is -2.07. The van der Waals surface area contributed by atoms with Gasteiger partial charge in [0.25, 0.3) is 0 Å². The van der Waals surface area contributed by atoms with Gasteiger partial charge in [0.1, 0.15) is 5.58 Å². The van der Waals surface area contributed by atoms with Crippen molar-refractivity contribution in [2.75, 3.05) is 6.54 Å². The highest BCUT2D eigenvalue weighted by Crippen LogP contribution is 2.21. The van der Waals surface area contributed by atoms with Crippen LogP contribution in [0.15, 0.2) is 57.8 Å². The van der Waals surface area contributed by atoms with E-state index < -0.39 is 16.0 Å². The summed E-state index contributed by atoms with van der Waals surface area (Å²) in [6.07, 6.45) is 1.24. The second kappa shape index (κ2) is 7.49. The Kier molecular flexibility index (Phi) is 5.31. The second-order valence-corrected chi connectivity index (χ2v) is 7.95. The third-order valence-electron chi connectivity index (χ3n) is 3.85. The summed E-state index contributed by atoms with van der Waals surface area (Å²) in [6, 6.07) is 12.8. The number of aromatic carboxylic acids is 1. The SMILES string of the molecule is O=C(O)c1cc2cc(CCCNS(=O)(=O)c3ccc(Cl)cc3)ccc2o1. The minimum absolute atomic E-state index is 0.104. The highest BCUT2D eigenvalue weighted by molar-refractivity contribution is 7.89. The molecule has 3 rings (SSSR count). The summed E-state index contributed by atoms with van der Waals surface area (Å²) in [5.74, 6) is -1.22. The number of carboxylic acids is 1. The van der Waals surface area contributed by atoms with Crippen LogP contribution >= 0.6 is 11.6 Å². The zero-order chi connectivity index (χ0) is 18.7. The van der Waals surface area contributed by atoms with Crippen molar-refractivity contribution in [2.45, 2.75) is 17.7 Å². The molecule has 1 aromatic heterocycles. The Morgan fingerprint density at radius 2 is 1.85 bits per heavy atom. The fourth-order valence-corrected chi connectivity index (χ4v) is 3.75. The molecule has 0 fully saturated rings. The van der Waals surface area contributed by atoms with Crippen LogP contribution in [0.4, 0.5) is 0 Å². The standard InChI is InChI=1S/C18H16ClNO5S/c19-14-4-6-15(7-5-14)26(23,24)20-9-1-2-12-3-8-16-13(10-12)11-17(25-16)18(21)22/h3-8,10-11,20H,1-2,9H2,(H,21,22). The third-order valence-corrected chi connectivity index (χ3v) is 5.58. The van der Waals surface area contributed by atoms with Gasteiger partial charge < -0.3 is 9.52 Å². The molecule has 0 amide bonds. The zero-order valence-corrected chi connectivity index (χ0v) is 15.2. The first-order valence-corrected chi connectivity index (χ1v) is 9.72. The van der Waals surface area contributed by atoms with Crippen molar-refractivity contribution >= 4 is 38.6 Å². The van der Waals surface area contributed by atoms with Crippen LogP contribution in [-0.4, -0.2) is 26.0 Å². The minimum Gasteiger partial charge on any atom is -0.475 e. The van der Waals surface area contributed by atoms with Gasteiger partial charge in [-0.2, -0.15) is 0 Å². The van der Waals surface area contributed by atoms with Crippen molar-refractivity contribution in [3.63, 3.8) is 0 Å². The quantitative estimate of drug-likeness (QED) is 0.596. The van der Waals surface area contributed by atoms with Gasteiger partial charge in [0.05, 0.1) is 4.90 Å². The van der Waals surface area contributed by atoms with E-state index in [1.807, 2.05) is 12.1 Å². The maximum atomic E-state index is 12.2. The molecule has 26 heavy (non-hydrogen) atoms. The fourth-order valence-electron chi connectivity index (χ4n) is 2.55. The molecule has 0 saturated heterocycles. The Balaban J connectivity index is 1.58. The number of aryl methyl sites for hydroxylation is 1. The Morgan fingerprint density at radius 3 is 2.54 bits per heavy atom. The smallest absolute Gasteiger partial charge is 0.371 e. The summed E-state index contributed by atoms with van der Waals surface area (Å²) >= 11 is 5.76.